The molecular weight excluding hydrogens is 364 g/mol. The molecule has 1 aliphatic rings. The number of thioether (sulfide) groups is 1. The number of carbonyl (C=O) groups excluding carboxylic acids is 1. The fourth-order valence-corrected chi connectivity index (χ4v) is 4.82. The molecule has 0 aromatic heterocycles. The van der Waals surface area contributed by atoms with Crippen molar-refractivity contribution in [3.05, 3.63) is 11.6 Å². The van der Waals surface area contributed by atoms with Crippen LogP contribution < -0.4 is 0 Å². The Morgan fingerprint density at radius 2 is 1.89 bits per heavy atom. The molecule has 5 nitrogen and oxygen atoms in total. The van der Waals surface area contributed by atoms with E-state index in [-0.39, 0.29) is 29.3 Å². The Bertz CT molecular complexity index is 477. The molecule has 0 aromatic carbocycles. The van der Waals surface area contributed by atoms with Gasteiger partial charge in [-0.1, -0.05) is 50.7 Å². The summed E-state index contributed by atoms with van der Waals surface area (Å²) in [6, 6.07) is 0. The maximum Gasteiger partial charge on any atom is 0.315 e. The Morgan fingerprint density at radius 3 is 2.56 bits per heavy atom. The van der Waals surface area contributed by atoms with Gasteiger partial charge in [-0.3, -0.25) is 9.59 Å². The van der Waals surface area contributed by atoms with Crippen LogP contribution >= 0.6 is 11.8 Å². The van der Waals surface area contributed by atoms with Gasteiger partial charge in [-0.15, -0.1) is 11.8 Å². The van der Waals surface area contributed by atoms with Crippen molar-refractivity contribution in [2.24, 2.45) is 5.92 Å². The zero-order valence-corrected chi connectivity index (χ0v) is 17.6. The summed E-state index contributed by atoms with van der Waals surface area (Å²) in [6.07, 6.45) is 11.4. The van der Waals surface area contributed by atoms with Crippen LogP contribution in [0.5, 0.6) is 0 Å². The number of rotatable bonds is 13. The number of hydrogen-bond donors (Lipinski definition) is 2. The third-order valence-electron chi connectivity index (χ3n) is 5.05. The molecule has 0 radical (unpaired) electrons. The summed E-state index contributed by atoms with van der Waals surface area (Å²) in [7, 11) is 0. The normalized spacial score (nSPS) is 24.1. The molecule has 0 amide bonds. The number of hydrogen-bond acceptors (Lipinski definition) is 5. The molecule has 0 unspecified atom stereocenters. The molecule has 1 rings (SSSR count). The first-order valence-corrected chi connectivity index (χ1v) is 11.4. The summed E-state index contributed by atoms with van der Waals surface area (Å²) in [5.41, 5.74) is 1.16. The number of ether oxygens (including phenoxy) is 1. The highest BCUT2D eigenvalue weighted by atomic mass is 32.2. The number of unbranched alkanes of at least 4 members (excludes halogenated alkanes) is 6. The number of aliphatic carboxylic acids is 1. The second kappa shape index (κ2) is 14.1. The van der Waals surface area contributed by atoms with E-state index in [9.17, 15) is 14.7 Å². The summed E-state index contributed by atoms with van der Waals surface area (Å²) in [5.74, 6) is -1.24. The number of carbonyl (C=O) groups is 2. The fourth-order valence-electron chi connectivity index (χ4n) is 3.58. The predicted octanol–water partition coefficient (Wildman–Crippen LogP) is 4.57. The second-order valence-corrected chi connectivity index (χ2v) is 8.39. The molecule has 3 atom stereocenters. The van der Waals surface area contributed by atoms with Crippen LogP contribution in [0.15, 0.2) is 11.6 Å². The molecule has 0 bridgehead atoms. The number of allylic oxidation sites excluding steroid dienone is 1. The van der Waals surface area contributed by atoms with Gasteiger partial charge in [0.05, 0.1) is 30.1 Å². The van der Waals surface area contributed by atoms with E-state index in [4.69, 9.17) is 9.84 Å². The number of carboxylic acid groups (broad SMARTS) is 1. The smallest absolute Gasteiger partial charge is 0.315 e. The number of aliphatic hydroxyl groups excluding tert-OH is 1. The Labute approximate surface area is 167 Å². The number of esters is 1. The van der Waals surface area contributed by atoms with Crippen LogP contribution in [0.3, 0.4) is 0 Å². The van der Waals surface area contributed by atoms with Crippen LogP contribution in [0, 0.1) is 5.92 Å². The summed E-state index contributed by atoms with van der Waals surface area (Å²) < 4.78 is 4.99. The fraction of sp³-hybridized carbons (Fsp3) is 0.810. The maximum absolute atomic E-state index is 11.7. The van der Waals surface area contributed by atoms with Gasteiger partial charge in [-0.05, 0) is 38.5 Å². The molecule has 1 aliphatic carbocycles. The zero-order chi connectivity index (χ0) is 20.1. The molecule has 2 N–H and O–H groups in total. The van der Waals surface area contributed by atoms with Crippen LogP contribution in [0.4, 0.5) is 0 Å². The van der Waals surface area contributed by atoms with Gasteiger partial charge in [0, 0.05) is 0 Å². The van der Waals surface area contributed by atoms with Crippen molar-refractivity contribution in [2.75, 3.05) is 12.4 Å². The summed E-state index contributed by atoms with van der Waals surface area (Å²) >= 11 is 1.38. The van der Waals surface area contributed by atoms with Crippen LogP contribution in [-0.4, -0.2) is 45.9 Å². The number of carboxylic acids is 1. The van der Waals surface area contributed by atoms with Gasteiger partial charge in [0.2, 0.25) is 0 Å². The van der Waals surface area contributed by atoms with Crippen molar-refractivity contribution in [1.29, 1.82) is 0 Å². The van der Waals surface area contributed by atoms with E-state index in [2.05, 4.69) is 13.0 Å². The quantitative estimate of drug-likeness (QED) is 0.268. The van der Waals surface area contributed by atoms with Crippen LogP contribution in [0.1, 0.15) is 78.1 Å². The first kappa shape index (κ1) is 24.0. The summed E-state index contributed by atoms with van der Waals surface area (Å²) in [5, 5.41) is 19.6. The molecule has 0 heterocycles. The van der Waals surface area contributed by atoms with Gasteiger partial charge < -0.3 is 14.9 Å². The average molecular weight is 401 g/mol. The van der Waals surface area contributed by atoms with E-state index in [1.807, 2.05) is 0 Å². The van der Waals surface area contributed by atoms with Crippen molar-refractivity contribution in [1.82, 2.24) is 0 Å². The van der Waals surface area contributed by atoms with Crippen LogP contribution in [-0.2, 0) is 14.3 Å². The number of aliphatic hydroxyl groups is 1. The molecule has 27 heavy (non-hydrogen) atoms. The Kier molecular flexibility index (Phi) is 12.5. The highest BCUT2D eigenvalue weighted by Crippen LogP contribution is 2.38. The summed E-state index contributed by atoms with van der Waals surface area (Å²) in [4.78, 5) is 22.8. The van der Waals surface area contributed by atoms with E-state index in [1.165, 1.54) is 43.9 Å². The third-order valence-corrected chi connectivity index (χ3v) is 6.39. The van der Waals surface area contributed by atoms with E-state index >= 15 is 0 Å². The monoisotopic (exact) mass is 400 g/mol. The van der Waals surface area contributed by atoms with Gasteiger partial charge in [0.1, 0.15) is 0 Å². The Hall–Kier alpha value is -1.01. The SMILES string of the molecule is CCCCCCCC/C=C1\CC[C@H](CC(=O)O)[C@@H](O)[C@@H]1SCC(=O)OCC. The molecule has 0 aliphatic heterocycles. The molecule has 1 saturated carbocycles. The maximum atomic E-state index is 11.7. The van der Waals surface area contributed by atoms with Gasteiger partial charge in [0.25, 0.3) is 0 Å². The first-order valence-electron chi connectivity index (χ1n) is 10.4. The highest BCUT2D eigenvalue weighted by molar-refractivity contribution is 8.00. The van der Waals surface area contributed by atoms with E-state index in [0.29, 0.717) is 13.0 Å². The van der Waals surface area contributed by atoms with E-state index in [0.717, 1.165) is 24.8 Å². The minimum atomic E-state index is -0.882. The predicted molar refractivity (Wildman–Crippen MR) is 110 cm³/mol. The molecule has 0 saturated heterocycles. The molecule has 0 spiro atoms. The van der Waals surface area contributed by atoms with Gasteiger partial charge in [-0.25, -0.2) is 0 Å². The van der Waals surface area contributed by atoms with Crippen molar-refractivity contribution >= 4 is 23.7 Å². The van der Waals surface area contributed by atoms with Gasteiger partial charge >= 0.3 is 11.9 Å². The van der Waals surface area contributed by atoms with E-state index in [1.54, 1.807) is 6.92 Å². The van der Waals surface area contributed by atoms with Gasteiger partial charge in [0.15, 0.2) is 0 Å². The van der Waals surface area contributed by atoms with Gasteiger partial charge in [-0.2, -0.15) is 0 Å². The van der Waals surface area contributed by atoms with Crippen molar-refractivity contribution in [3.63, 3.8) is 0 Å². The lowest BCUT2D eigenvalue weighted by molar-refractivity contribution is -0.140. The third kappa shape index (κ3) is 9.65. The Morgan fingerprint density at radius 1 is 1.19 bits per heavy atom. The lowest BCUT2D eigenvalue weighted by Crippen LogP contribution is -2.39. The van der Waals surface area contributed by atoms with Crippen molar-refractivity contribution < 1.29 is 24.5 Å². The minimum absolute atomic E-state index is 0.0255. The van der Waals surface area contributed by atoms with Crippen LogP contribution in [0.2, 0.25) is 0 Å². The molecular formula is C21H36O5S. The average Bonchev–Trinajstić information content (AvgIpc) is 2.62. The largest absolute Gasteiger partial charge is 0.481 e. The highest BCUT2D eigenvalue weighted by Gasteiger charge is 2.36. The van der Waals surface area contributed by atoms with Crippen molar-refractivity contribution in [3.8, 4) is 0 Å². The van der Waals surface area contributed by atoms with Crippen LogP contribution in [0.25, 0.3) is 0 Å². The molecule has 6 heteroatoms. The Balaban J connectivity index is 2.61. The standard InChI is InChI=1S/C21H36O5S/c1-3-5-6-7-8-9-10-11-16-12-13-17(14-18(22)23)20(25)21(16)27-15-19(24)26-4-2/h11,17,20-21,25H,3-10,12-15H2,1-2H3,(H,22,23)/b16-11+/t17-,20-,21-/m1/s1. The van der Waals surface area contributed by atoms with Crippen molar-refractivity contribution in [2.45, 2.75) is 89.4 Å². The lowest BCUT2D eigenvalue weighted by Gasteiger charge is -2.36. The molecule has 1 fully saturated rings. The lowest BCUT2D eigenvalue weighted by atomic mass is 9.80. The summed E-state index contributed by atoms with van der Waals surface area (Å²) in [6.45, 7) is 4.33. The van der Waals surface area contributed by atoms with E-state index < -0.39 is 12.1 Å². The first-order chi connectivity index (χ1) is 13.0. The zero-order valence-electron chi connectivity index (χ0n) is 16.8. The minimum Gasteiger partial charge on any atom is -0.481 e. The molecule has 156 valence electrons. The molecule has 0 aromatic rings. The topological polar surface area (TPSA) is 83.8 Å². The second-order valence-electron chi connectivity index (χ2n) is 7.26.